The van der Waals surface area contributed by atoms with Crippen molar-refractivity contribution in [3.05, 3.63) is 57.8 Å². The van der Waals surface area contributed by atoms with Crippen LogP contribution in [0, 0.1) is 5.92 Å². The normalized spacial score (nSPS) is 16.0. The highest BCUT2D eigenvalue weighted by Crippen LogP contribution is 2.30. The number of carbonyl (C=O) groups excluding carboxylic acids is 1. The average Bonchev–Trinajstić information content (AvgIpc) is 2.98. The predicted octanol–water partition coefficient (Wildman–Crippen LogP) is 4.71. The van der Waals surface area contributed by atoms with Crippen LogP contribution in [-0.4, -0.2) is 5.91 Å². The van der Waals surface area contributed by atoms with Gasteiger partial charge in [0.2, 0.25) is 5.91 Å². The largest absolute Gasteiger partial charge is 0.344 e. The van der Waals surface area contributed by atoms with Crippen molar-refractivity contribution >= 4 is 17.2 Å². The molecule has 0 bridgehead atoms. The molecule has 2 nitrogen and oxygen atoms in total. The van der Waals surface area contributed by atoms with E-state index in [4.69, 9.17) is 0 Å². The summed E-state index contributed by atoms with van der Waals surface area (Å²) in [6.45, 7) is 2.20. The molecule has 0 saturated heterocycles. The van der Waals surface area contributed by atoms with Crippen LogP contribution in [0.2, 0.25) is 0 Å². The molecule has 1 atom stereocenters. The van der Waals surface area contributed by atoms with Gasteiger partial charge in [0.25, 0.3) is 0 Å². The molecule has 1 N–H and O–H groups in total. The van der Waals surface area contributed by atoms with E-state index in [-0.39, 0.29) is 17.9 Å². The molecule has 0 spiro atoms. The Labute approximate surface area is 136 Å². The third-order valence-electron chi connectivity index (χ3n) is 4.44. The van der Waals surface area contributed by atoms with Gasteiger partial charge in [-0.2, -0.15) is 0 Å². The van der Waals surface area contributed by atoms with Crippen molar-refractivity contribution < 1.29 is 4.79 Å². The molecule has 1 aromatic heterocycles. The molecule has 3 rings (SSSR count). The number of hydrogen-bond acceptors (Lipinski definition) is 2. The van der Waals surface area contributed by atoms with Crippen LogP contribution in [0.15, 0.2) is 41.8 Å². The summed E-state index contributed by atoms with van der Waals surface area (Å²) in [5, 5.41) is 5.33. The van der Waals surface area contributed by atoms with Crippen molar-refractivity contribution in [1.82, 2.24) is 5.32 Å². The molecule has 0 unspecified atom stereocenters. The van der Waals surface area contributed by atoms with Gasteiger partial charge in [0.05, 0.1) is 6.04 Å². The molecular weight excluding hydrogens is 290 g/mol. The lowest BCUT2D eigenvalue weighted by Gasteiger charge is -2.27. The van der Waals surface area contributed by atoms with Gasteiger partial charge in [0.1, 0.15) is 0 Å². The molecule has 0 radical (unpaired) electrons. The standard InChI is InChI=1S/C19H23NOS/c1-2-5-14-9-11-15(12-10-14)18(17-8-4-13-22-17)20-19(21)16-6-3-7-16/h4,8-13,16,18H,2-3,5-7H2,1H3,(H,20,21)/t18-/m1/s1. The van der Waals surface area contributed by atoms with E-state index in [2.05, 4.69) is 48.0 Å². The van der Waals surface area contributed by atoms with E-state index in [1.54, 1.807) is 11.3 Å². The first-order valence-electron chi connectivity index (χ1n) is 8.20. The van der Waals surface area contributed by atoms with Gasteiger partial charge >= 0.3 is 0 Å². The van der Waals surface area contributed by atoms with Gasteiger partial charge in [-0.1, -0.05) is 50.1 Å². The molecule has 22 heavy (non-hydrogen) atoms. The van der Waals surface area contributed by atoms with E-state index < -0.39 is 0 Å². The quantitative estimate of drug-likeness (QED) is 0.822. The van der Waals surface area contributed by atoms with Gasteiger partial charge in [-0.15, -0.1) is 11.3 Å². The Balaban J connectivity index is 1.80. The zero-order valence-electron chi connectivity index (χ0n) is 13.0. The molecule has 1 aliphatic rings. The molecule has 1 amide bonds. The Morgan fingerprint density at radius 3 is 2.59 bits per heavy atom. The first kappa shape index (κ1) is 15.3. The fraction of sp³-hybridized carbons (Fsp3) is 0.421. The summed E-state index contributed by atoms with van der Waals surface area (Å²) in [4.78, 5) is 13.6. The van der Waals surface area contributed by atoms with E-state index >= 15 is 0 Å². The highest BCUT2D eigenvalue weighted by molar-refractivity contribution is 7.10. The number of rotatable bonds is 6. The number of amides is 1. The van der Waals surface area contributed by atoms with Crippen molar-refractivity contribution in [2.75, 3.05) is 0 Å². The summed E-state index contributed by atoms with van der Waals surface area (Å²) >= 11 is 1.70. The Morgan fingerprint density at radius 2 is 2.05 bits per heavy atom. The second kappa shape index (κ2) is 7.10. The van der Waals surface area contributed by atoms with Crippen LogP contribution >= 0.6 is 11.3 Å². The topological polar surface area (TPSA) is 29.1 Å². The Kier molecular flexibility index (Phi) is 4.94. The van der Waals surface area contributed by atoms with Gasteiger partial charge in [-0.25, -0.2) is 0 Å². The molecule has 1 heterocycles. The highest BCUT2D eigenvalue weighted by Gasteiger charge is 2.28. The zero-order valence-corrected chi connectivity index (χ0v) is 13.9. The SMILES string of the molecule is CCCc1ccc([C@@H](NC(=O)C2CCC2)c2cccs2)cc1. The van der Waals surface area contributed by atoms with E-state index in [1.807, 2.05) is 6.07 Å². The minimum Gasteiger partial charge on any atom is -0.344 e. The lowest BCUT2D eigenvalue weighted by molar-refractivity contribution is -0.127. The van der Waals surface area contributed by atoms with Gasteiger partial charge in [0.15, 0.2) is 0 Å². The summed E-state index contributed by atoms with van der Waals surface area (Å²) in [5.41, 5.74) is 2.54. The zero-order chi connectivity index (χ0) is 15.4. The van der Waals surface area contributed by atoms with Crippen molar-refractivity contribution in [2.24, 2.45) is 5.92 Å². The van der Waals surface area contributed by atoms with Crippen LogP contribution in [0.5, 0.6) is 0 Å². The highest BCUT2D eigenvalue weighted by atomic mass is 32.1. The lowest BCUT2D eigenvalue weighted by Crippen LogP contribution is -2.37. The Morgan fingerprint density at radius 1 is 1.27 bits per heavy atom. The first-order valence-corrected chi connectivity index (χ1v) is 9.08. The molecule has 1 aromatic carbocycles. The molecule has 0 aliphatic heterocycles. The summed E-state index contributed by atoms with van der Waals surface area (Å²) in [6.07, 6.45) is 5.54. The number of nitrogens with one attached hydrogen (secondary N) is 1. The van der Waals surface area contributed by atoms with E-state index in [1.165, 1.54) is 22.4 Å². The maximum atomic E-state index is 12.4. The predicted molar refractivity (Wildman–Crippen MR) is 92.1 cm³/mol. The molecular formula is C19H23NOS. The molecule has 2 aromatic rings. The summed E-state index contributed by atoms with van der Waals surface area (Å²) < 4.78 is 0. The summed E-state index contributed by atoms with van der Waals surface area (Å²) in [7, 11) is 0. The van der Waals surface area contributed by atoms with Crippen LogP contribution < -0.4 is 5.32 Å². The van der Waals surface area contributed by atoms with E-state index in [9.17, 15) is 4.79 Å². The van der Waals surface area contributed by atoms with Gasteiger partial charge in [-0.05, 0) is 41.8 Å². The molecule has 1 saturated carbocycles. The molecule has 3 heteroatoms. The van der Waals surface area contributed by atoms with Crippen LogP contribution in [0.4, 0.5) is 0 Å². The fourth-order valence-electron chi connectivity index (χ4n) is 2.87. The fourth-order valence-corrected chi connectivity index (χ4v) is 3.67. The lowest BCUT2D eigenvalue weighted by atomic mass is 9.84. The smallest absolute Gasteiger partial charge is 0.223 e. The Hall–Kier alpha value is -1.61. The number of carbonyl (C=O) groups is 1. The number of thiophene rings is 1. The van der Waals surface area contributed by atoms with Gasteiger partial charge < -0.3 is 5.32 Å². The monoisotopic (exact) mass is 313 g/mol. The third-order valence-corrected chi connectivity index (χ3v) is 5.38. The summed E-state index contributed by atoms with van der Waals surface area (Å²) in [6, 6.07) is 12.9. The summed E-state index contributed by atoms with van der Waals surface area (Å²) in [5.74, 6) is 0.434. The molecule has 1 fully saturated rings. The second-order valence-corrected chi connectivity index (χ2v) is 7.06. The van der Waals surface area contributed by atoms with E-state index in [0.717, 1.165) is 25.7 Å². The maximum absolute atomic E-state index is 12.4. The second-order valence-electron chi connectivity index (χ2n) is 6.08. The van der Waals surface area contributed by atoms with E-state index in [0.29, 0.717) is 0 Å². The van der Waals surface area contributed by atoms with Crippen LogP contribution in [0.3, 0.4) is 0 Å². The van der Waals surface area contributed by atoms with Crippen LogP contribution in [0.1, 0.15) is 54.7 Å². The van der Waals surface area contributed by atoms with Crippen LogP contribution in [-0.2, 0) is 11.2 Å². The molecule has 1 aliphatic carbocycles. The minimum absolute atomic E-state index is 0.0104. The van der Waals surface area contributed by atoms with Crippen molar-refractivity contribution in [3.63, 3.8) is 0 Å². The van der Waals surface area contributed by atoms with Gasteiger partial charge in [-0.3, -0.25) is 4.79 Å². The number of hydrogen-bond donors (Lipinski definition) is 1. The van der Waals surface area contributed by atoms with Gasteiger partial charge in [0, 0.05) is 10.8 Å². The first-order chi connectivity index (χ1) is 10.8. The Bertz CT molecular complexity index is 599. The number of benzene rings is 1. The van der Waals surface area contributed by atoms with Crippen LogP contribution in [0.25, 0.3) is 0 Å². The van der Waals surface area contributed by atoms with Crippen molar-refractivity contribution in [1.29, 1.82) is 0 Å². The minimum atomic E-state index is -0.0104. The average molecular weight is 313 g/mol. The van der Waals surface area contributed by atoms with Crippen molar-refractivity contribution in [2.45, 2.75) is 45.1 Å². The number of aryl methyl sites for hydroxylation is 1. The maximum Gasteiger partial charge on any atom is 0.223 e. The molecule has 116 valence electrons. The third kappa shape index (κ3) is 3.41. The van der Waals surface area contributed by atoms with Crippen molar-refractivity contribution in [3.8, 4) is 0 Å².